The van der Waals surface area contributed by atoms with Gasteiger partial charge in [-0.05, 0) is 66.3 Å². The van der Waals surface area contributed by atoms with Crippen LogP contribution in [0, 0.1) is 0 Å². The second kappa shape index (κ2) is 11.1. The fraction of sp³-hybridized carbons (Fsp3) is 0.367. The summed E-state index contributed by atoms with van der Waals surface area (Å²) in [6.07, 6.45) is 4.05. The number of carbonyl (C=O) groups is 1. The van der Waals surface area contributed by atoms with Crippen molar-refractivity contribution < 1.29 is 9.53 Å². The second-order valence-corrected chi connectivity index (χ2v) is 11.9. The number of amides is 1. The van der Waals surface area contributed by atoms with Crippen LogP contribution in [0.4, 0.5) is 0 Å². The maximum atomic E-state index is 13.5. The van der Waals surface area contributed by atoms with Gasteiger partial charge in [0.2, 0.25) is 0 Å². The number of piperidine rings is 1. The number of hydrogen-bond donors (Lipinski definition) is 0. The van der Waals surface area contributed by atoms with Crippen LogP contribution in [-0.4, -0.2) is 29.0 Å². The van der Waals surface area contributed by atoms with Crippen LogP contribution in [0.25, 0.3) is 0 Å². The van der Waals surface area contributed by atoms with Gasteiger partial charge in [0.25, 0.3) is 5.91 Å². The Bertz CT molecular complexity index is 1220. The summed E-state index contributed by atoms with van der Waals surface area (Å²) in [6, 6.07) is 22.3. The average molecular weight is 541 g/mol. The summed E-state index contributed by atoms with van der Waals surface area (Å²) < 4.78 is 6.50. The third-order valence-corrected chi connectivity index (χ3v) is 9.05. The second-order valence-electron chi connectivity index (χ2n) is 10.1. The van der Waals surface area contributed by atoms with Gasteiger partial charge in [-0.15, -0.1) is 11.8 Å². The highest BCUT2D eigenvalue weighted by atomic mass is 35.5. The zero-order chi connectivity index (χ0) is 25.2. The Labute approximate surface area is 228 Å². The summed E-state index contributed by atoms with van der Waals surface area (Å²) in [4.78, 5) is 16.6. The minimum absolute atomic E-state index is 0.139. The molecule has 2 bridgehead atoms. The van der Waals surface area contributed by atoms with Crippen LogP contribution in [0.1, 0.15) is 66.9 Å². The van der Waals surface area contributed by atoms with E-state index in [1.165, 1.54) is 5.56 Å². The molecule has 3 aromatic carbocycles. The van der Waals surface area contributed by atoms with Gasteiger partial charge in [-0.2, -0.15) is 0 Å². The number of benzene rings is 3. The van der Waals surface area contributed by atoms with Crippen molar-refractivity contribution in [1.29, 1.82) is 0 Å². The van der Waals surface area contributed by atoms with Crippen LogP contribution in [0.2, 0.25) is 10.0 Å². The zero-order valence-electron chi connectivity index (χ0n) is 20.6. The Morgan fingerprint density at radius 3 is 2.39 bits per heavy atom. The number of rotatable bonds is 7. The van der Waals surface area contributed by atoms with Gasteiger partial charge in [0.05, 0.1) is 5.02 Å². The van der Waals surface area contributed by atoms with Crippen LogP contribution < -0.4 is 4.74 Å². The first-order chi connectivity index (χ1) is 17.4. The van der Waals surface area contributed by atoms with Crippen LogP contribution in [0.15, 0.2) is 71.6 Å². The molecule has 3 nitrogen and oxygen atoms in total. The first-order valence-electron chi connectivity index (χ1n) is 12.6. The van der Waals surface area contributed by atoms with E-state index in [1.54, 1.807) is 17.8 Å². The lowest BCUT2D eigenvalue weighted by Gasteiger charge is -2.39. The van der Waals surface area contributed by atoms with Crippen LogP contribution in [-0.2, 0) is 5.75 Å². The average Bonchev–Trinajstić information content (AvgIpc) is 3.14. The number of para-hydroxylation sites is 1. The molecule has 2 saturated heterocycles. The SMILES string of the molecule is CC(C)c1ccccc1OC1C[C@H]2CC[C@@H](C1)N2C(=O)c1ccc(CSc2cc(Cl)ccc2Cl)cc1. The number of fused-ring (bicyclic) bond motifs is 2. The largest absolute Gasteiger partial charge is 0.490 e. The lowest BCUT2D eigenvalue weighted by Crippen LogP contribution is -2.49. The number of halogens is 2. The molecule has 1 unspecified atom stereocenters. The molecule has 2 aliphatic rings. The van der Waals surface area contributed by atoms with Crippen molar-refractivity contribution in [3.8, 4) is 5.75 Å². The molecule has 3 atom stereocenters. The van der Waals surface area contributed by atoms with Crippen LogP contribution in [0.3, 0.4) is 0 Å². The van der Waals surface area contributed by atoms with Crippen LogP contribution >= 0.6 is 35.0 Å². The maximum absolute atomic E-state index is 13.5. The van der Waals surface area contributed by atoms with E-state index in [9.17, 15) is 4.79 Å². The molecule has 0 aromatic heterocycles. The highest BCUT2D eigenvalue weighted by Crippen LogP contribution is 2.39. The number of ether oxygens (including phenoxy) is 1. The van der Waals surface area contributed by atoms with E-state index in [4.69, 9.17) is 27.9 Å². The van der Waals surface area contributed by atoms with Crippen molar-refractivity contribution in [3.05, 3.63) is 93.5 Å². The lowest BCUT2D eigenvalue weighted by atomic mass is 9.97. The van der Waals surface area contributed by atoms with E-state index in [0.29, 0.717) is 16.0 Å². The third-order valence-electron chi connectivity index (χ3n) is 7.25. The number of hydrogen-bond acceptors (Lipinski definition) is 3. The number of thioether (sulfide) groups is 1. The first-order valence-corrected chi connectivity index (χ1v) is 14.4. The van der Waals surface area contributed by atoms with Gasteiger partial charge in [-0.25, -0.2) is 0 Å². The maximum Gasteiger partial charge on any atom is 0.254 e. The molecule has 3 aromatic rings. The molecule has 0 radical (unpaired) electrons. The lowest BCUT2D eigenvalue weighted by molar-refractivity contribution is 0.0356. The van der Waals surface area contributed by atoms with Crippen LogP contribution in [0.5, 0.6) is 5.75 Å². The molecule has 36 heavy (non-hydrogen) atoms. The van der Waals surface area contributed by atoms with Crippen molar-refractivity contribution in [1.82, 2.24) is 4.90 Å². The standard InChI is InChI=1S/C30H31Cl2NO2S/c1-19(2)26-5-3-4-6-28(26)35-25-16-23-12-13-24(17-25)33(23)30(34)21-9-7-20(8-10-21)18-36-29-15-22(31)11-14-27(29)32/h3-11,14-15,19,23-25H,12-13,16-18H2,1-2H3/t23-,24+,25?. The Hall–Kier alpha value is -2.14. The molecule has 188 valence electrons. The van der Waals surface area contributed by atoms with E-state index < -0.39 is 0 Å². The topological polar surface area (TPSA) is 29.5 Å². The van der Waals surface area contributed by atoms with Gasteiger partial charge in [-0.1, -0.05) is 67.4 Å². The van der Waals surface area contributed by atoms with E-state index in [0.717, 1.165) is 53.2 Å². The van der Waals surface area contributed by atoms with Crippen molar-refractivity contribution in [2.45, 2.75) is 74.3 Å². The van der Waals surface area contributed by atoms with Crippen molar-refractivity contribution in [2.24, 2.45) is 0 Å². The molecule has 0 N–H and O–H groups in total. The number of nitrogens with zero attached hydrogens (tertiary/aromatic N) is 1. The smallest absolute Gasteiger partial charge is 0.254 e. The van der Waals surface area contributed by atoms with Gasteiger partial charge >= 0.3 is 0 Å². The van der Waals surface area contributed by atoms with Crippen molar-refractivity contribution in [2.75, 3.05) is 0 Å². The van der Waals surface area contributed by atoms with E-state index in [2.05, 4.69) is 36.9 Å². The van der Waals surface area contributed by atoms with Gasteiger partial charge in [-0.3, -0.25) is 4.79 Å². The summed E-state index contributed by atoms with van der Waals surface area (Å²) in [5.41, 5.74) is 3.15. The Kier molecular flexibility index (Phi) is 7.85. The van der Waals surface area contributed by atoms with Crippen molar-refractivity contribution in [3.63, 3.8) is 0 Å². The fourth-order valence-electron chi connectivity index (χ4n) is 5.44. The van der Waals surface area contributed by atoms with Gasteiger partial charge in [0.1, 0.15) is 11.9 Å². The highest BCUT2D eigenvalue weighted by molar-refractivity contribution is 7.98. The minimum Gasteiger partial charge on any atom is -0.490 e. The Morgan fingerprint density at radius 1 is 1.00 bits per heavy atom. The molecular weight excluding hydrogens is 509 g/mol. The predicted molar refractivity (Wildman–Crippen MR) is 150 cm³/mol. The van der Waals surface area contributed by atoms with E-state index in [1.807, 2.05) is 42.5 Å². The Balaban J connectivity index is 1.21. The molecule has 2 aliphatic heterocycles. The predicted octanol–water partition coefficient (Wildman–Crippen LogP) is 8.62. The van der Waals surface area contributed by atoms with Gasteiger partial charge in [0, 0.05) is 46.2 Å². The molecule has 2 heterocycles. The summed E-state index contributed by atoms with van der Waals surface area (Å²) >= 11 is 14.0. The van der Waals surface area contributed by atoms with Gasteiger partial charge < -0.3 is 9.64 Å². The molecule has 5 rings (SSSR count). The molecule has 0 aliphatic carbocycles. The quantitative estimate of drug-likeness (QED) is 0.281. The molecule has 0 saturated carbocycles. The summed E-state index contributed by atoms with van der Waals surface area (Å²) in [5, 5.41) is 1.38. The summed E-state index contributed by atoms with van der Waals surface area (Å²) in [7, 11) is 0. The highest BCUT2D eigenvalue weighted by Gasteiger charge is 2.44. The van der Waals surface area contributed by atoms with Gasteiger partial charge in [0.15, 0.2) is 0 Å². The third kappa shape index (κ3) is 5.56. The molecule has 1 amide bonds. The normalized spacial score (nSPS) is 21.1. The van der Waals surface area contributed by atoms with E-state index >= 15 is 0 Å². The minimum atomic E-state index is 0.139. The number of carbonyl (C=O) groups excluding carboxylic acids is 1. The molecule has 0 spiro atoms. The zero-order valence-corrected chi connectivity index (χ0v) is 23.0. The molecular formula is C30H31Cl2NO2S. The summed E-state index contributed by atoms with van der Waals surface area (Å²) in [6.45, 7) is 4.40. The molecule has 6 heteroatoms. The van der Waals surface area contributed by atoms with Crippen molar-refractivity contribution >= 4 is 40.9 Å². The fourth-order valence-corrected chi connectivity index (χ4v) is 6.89. The Morgan fingerprint density at radius 2 is 1.69 bits per heavy atom. The summed E-state index contributed by atoms with van der Waals surface area (Å²) in [5.74, 6) is 2.31. The molecule has 2 fully saturated rings. The monoisotopic (exact) mass is 539 g/mol. The van der Waals surface area contributed by atoms with E-state index in [-0.39, 0.29) is 24.1 Å². The first kappa shape index (κ1) is 25.5.